The van der Waals surface area contributed by atoms with Gasteiger partial charge in [0.15, 0.2) is 22.8 Å². The number of phenolic OH excluding ortho intramolecular Hbond substituents is 1. The van der Waals surface area contributed by atoms with Crippen LogP contribution in [0.4, 0.5) is 0 Å². The van der Waals surface area contributed by atoms with E-state index in [1.165, 1.54) is 0 Å². The molecule has 1 saturated heterocycles. The van der Waals surface area contributed by atoms with Crippen LogP contribution >= 0.6 is 0 Å². The highest BCUT2D eigenvalue weighted by molar-refractivity contribution is 6.19. The van der Waals surface area contributed by atoms with E-state index in [1.54, 1.807) is 6.08 Å². The number of rotatable bonds is 4. The maximum absolute atomic E-state index is 14.5. The van der Waals surface area contributed by atoms with E-state index in [0.717, 1.165) is 11.1 Å². The maximum Gasteiger partial charge on any atom is 0.200 e. The van der Waals surface area contributed by atoms with Crippen LogP contribution in [0.2, 0.25) is 0 Å². The standard InChI is InChI=1S/C33H38O6/c1-17(2)9-10-21-27-20(12-13-30(5,6)37-27)25(34)24-26(35)22-15-19-16-23-31(7,8)39-32(29(19)36,14-11-18(3)4)33(22,23)38-28(21)24/h9,11-13,15,19,23,34H,10,14,16H2,1-8H3/t19-,23?,32-,33+/m1/s1. The molecule has 7 rings (SSSR count). The average molecular weight is 531 g/mol. The number of benzene rings is 1. The monoisotopic (exact) mass is 530 g/mol. The van der Waals surface area contributed by atoms with Gasteiger partial charge in [-0.2, -0.15) is 0 Å². The molecule has 6 aliphatic rings. The lowest BCUT2D eigenvalue weighted by atomic mass is 9.51. The molecule has 4 atom stereocenters. The van der Waals surface area contributed by atoms with Crippen molar-refractivity contribution in [2.24, 2.45) is 11.8 Å². The van der Waals surface area contributed by atoms with Gasteiger partial charge >= 0.3 is 0 Å². The van der Waals surface area contributed by atoms with E-state index in [9.17, 15) is 14.7 Å². The Bertz CT molecular complexity index is 1460. The predicted molar refractivity (Wildman–Crippen MR) is 149 cm³/mol. The van der Waals surface area contributed by atoms with E-state index in [-0.39, 0.29) is 28.8 Å². The highest BCUT2D eigenvalue weighted by Gasteiger charge is 2.81. The van der Waals surface area contributed by atoms with Gasteiger partial charge in [0.25, 0.3) is 0 Å². The summed E-state index contributed by atoms with van der Waals surface area (Å²) in [5, 5.41) is 11.5. The number of ether oxygens (including phenoxy) is 3. The van der Waals surface area contributed by atoms with Crippen LogP contribution in [0.3, 0.4) is 0 Å². The van der Waals surface area contributed by atoms with Crippen molar-refractivity contribution >= 4 is 17.6 Å². The Balaban J connectivity index is 1.67. The second kappa shape index (κ2) is 7.97. The Labute approximate surface area is 230 Å². The number of carbonyl (C=O) groups is 2. The fourth-order valence-corrected chi connectivity index (χ4v) is 7.41. The molecule has 1 unspecified atom stereocenters. The van der Waals surface area contributed by atoms with Crippen molar-refractivity contribution in [2.75, 3.05) is 0 Å². The maximum atomic E-state index is 14.5. The summed E-state index contributed by atoms with van der Waals surface area (Å²) in [5.41, 5.74) is -0.00322. The van der Waals surface area contributed by atoms with Crippen LogP contribution in [-0.2, 0) is 16.0 Å². The van der Waals surface area contributed by atoms with Crippen molar-refractivity contribution in [1.82, 2.24) is 0 Å². The first-order valence-electron chi connectivity index (χ1n) is 13.9. The first-order valence-corrected chi connectivity index (χ1v) is 13.9. The number of carbonyl (C=O) groups excluding carboxylic acids is 2. The molecule has 3 heterocycles. The number of Topliss-reactive ketones (excluding diaryl/α,β-unsaturated/α-hetero) is 2. The topological polar surface area (TPSA) is 82.1 Å². The van der Waals surface area contributed by atoms with Gasteiger partial charge in [-0.05, 0) is 80.4 Å². The molecule has 1 aromatic carbocycles. The molecule has 206 valence electrons. The van der Waals surface area contributed by atoms with E-state index in [1.807, 2.05) is 73.6 Å². The number of aromatic hydroxyl groups is 1. The molecule has 0 radical (unpaired) electrons. The summed E-state index contributed by atoms with van der Waals surface area (Å²) in [5.74, 6) is -0.308. The van der Waals surface area contributed by atoms with Crippen molar-refractivity contribution in [3.63, 3.8) is 0 Å². The van der Waals surface area contributed by atoms with E-state index in [2.05, 4.69) is 6.08 Å². The fraction of sp³-hybridized carbons (Fsp3) is 0.515. The molecule has 1 aromatic rings. The van der Waals surface area contributed by atoms with Crippen LogP contribution in [0.25, 0.3) is 6.08 Å². The summed E-state index contributed by atoms with van der Waals surface area (Å²) >= 11 is 0. The summed E-state index contributed by atoms with van der Waals surface area (Å²) in [6.07, 6.45) is 10.9. The van der Waals surface area contributed by atoms with Crippen LogP contribution in [0.5, 0.6) is 17.2 Å². The Hall–Kier alpha value is -3.12. The van der Waals surface area contributed by atoms with Gasteiger partial charge in [-0.25, -0.2) is 0 Å². The van der Waals surface area contributed by atoms with Gasteiger partial charge < -0.3 is 19.3 Å². The molecule has 1 spiro atoms. The third-order valence-electron chi connectivity index (χ3n) is 9.13. The Morgan fingerprint density at radius 2 is 1.72 bits per heavy atom. The smallest absolute Gasteiger partial charge is 0.200 e. The van der Waals surface area contributed by atoms with Gasteiger partial charge in [0.2, 0.25) is 0 Å². The minimum absolute atomic E-state index is 0.0322. The summed E-state index contributed by atoms with van der Waals surface area (Å²) < 4.78 is 20.3. The van der Waals surface area contributed by atoms with E-state index >= 15 is 0 Å². The third-order valence-corrected chi connectivity index (χ3v) is 9.13. The van der Waals surface area contributed by atoms with Gasteiger partial charge in [0, 0.05) is 29.4 Å². The lowest BCUT2D eigenvalue weighted by Crippen LogP contribution is -2.72. The summed E-state index contributed by atoms with van der Waals surface area (Å²) in [6, 6.07) is 0. The highest BCUT2D eigenvalue weighted by atomic mass is 16.6. The van der Waals surface area contributed by atoms with Gasteiger partial charge in [0.1, 0.15) is 28.4 Å². The largest absolute Gasteiger partial charge is 0.506 e. The molecule has 39 heavy (non-hydrogen) atoms. The zero-order chi connectivity index (χ0) is 28.3. The van der Waals surface area contributed by atoms with Crippen LogP contribution in [0.1, 0.15) is 89.7 Å². The van der Waals surface area contributed by atoms with Crippen molar-refractivity contribution in [2.45, 2.75) is 97.1 Å². The van der Waals surface area contributed by atoms with Crippen molar-refractivity contribution in [3.05, 3.63) is 57.7 Å². The number of fused-ring (bicyclic) bond motifs is 2. The number of hydrogen-bond acceptors (Lipinski definition) is 6. The van der Waals surface area contributed by atoms with Crippen LogP contribution in [0.15, 0.2) is 41.0 Å². The second-order valence-electron chi connectivity index (χ2n) is 13.3. The minimum Gasteiger partial charge on any atom is -0.506 e. The van der Waals surface area contributed by atoms with E-state index in [4.69, 9.17) is 14.2 Å². The highest BCUT2D eigenvalue weighted by Crippen LogP contribution is 2.68. The Morgan fingerprint density at radius 1 is 1.03 bits per heavy atom. The third kappa shape index (κ3) is 3.30. The molecule has 1 saturated carbocycles. The molecular weight excluding hydrogens is 492 g/mol. The molecule has 0 amide bonds. The van der Waals surface area contributed by atoms with Gasteiger partial charge in [-0.3, -0.25) is 9.59 Å². The summed E-state index contributed by atoms with van der Waals surface area (Å²) in [6.45, 7) is 15.9. The van der Waals surface area contributed by atoms with Crippen LogP contribution in [-0.4, -0.2) is 39.1 Å². The molecular formula is C33H38O6. The van der Waals surface area contributed by atoms with E-state index in [0.29, 0.717) is 47.5 Å². The van der Waals surface area contributed by atoms with Crippen LogP contribution < -0.4 is 9.47 Å². The normalized spacial score (nSPS) is 31.8. The van der Waals surface area contributed by atoms with Crippen molar-refractivity contribution in [3.8, 4) is 17.2 Å². The number of phenols is 1. The SMILES string of the molecule is CC(C)=CCc1c2c(c(O)c3c1O[C@@]14C(=C[C@@H]5CC1C(C)(C)O[C@]4(CC=C(C)C)C5=O)C3=O)C=CC(C)(C)O2. The summed E-state index contributed by atoms with van der Waals surface area (Å²) in [7, 11) is 0. The number of hydrogen-bond donors (Lipinski definition) is 1. The van der Waals surface area contributed by atoms with Crippen LogP contribution in [0, 0.1) is 11.8 Å². The predicted octanol–water partition coefficient (Wildman–Crippen LogP) is 6.45. The number of allylic oxidation sites excluding steroid dienone is 4. The molecule has 3 aliphatic carbocycles. The van der Waals surface area contributed by atoms with Gasteiger partial charge in [-0.1, -0.05) is 29.4 Å². The second-order valence-corrected chi connectivity index (χ2v) is 13.3. The lowest BCUT2D eigenvalue weighted by Gasteiger charge is -2.56. The number of ketones is 2. The first-order chi connectivity index (χ1) is 18.1. The molecule has 6 heteroatoms. The molecule has 3 aliphatic heterocycles. The van der Waals surface area contributed by atoms with Gasteiger partial charge in [-0.15, -0.1) is 0 Å². The molecule has 0 aromatic heterocycles. The zero-order valence-electron chi connectivity index (χ0n) is 24.2. The fourth-order valence-electron chi connectivity index (χ4n) is 7.41. The van der Waals surface area contributed by atoms with E-state index < -0.39 is 28.3 Å². The molecule has 4 bridgehead atoms. The van der Waals surface area contributed by atoms with Gasteiger partial charge in [0.05, 0.1) is 11.2 Å². The Morgan fingerprint density at radius 3 is 2.38 bits per heavy atom. The average Bonchev–Trinajstić information content (AvgIpc) is 2.99. The lowest BCUT2D eigenvalue weighted by molar-refractivity contribution is -0.171. The molecule has 1 N–H and O–H groups in total. The molecule has 6 nitrogen and oxygen atoms in total. The Kier molecular flexibility index (Phi) is 5.34. The summed E-state index contributed by atoms with van der Waals surface area (Å²) in [4.78, 5) is 28.6. The first kappa shape index (κ1) is 26.1. The quantitative estimate of drug-likeness (QED) is 0.451. The van der Waals surface area contributed by atoms with Crippen molar-refractivity contribution < 1.29 is 28.9 Å². The zero-order valence-corrected chi connectivity index (χ0v) is 24.2. The molecule has 2 fully saturated rings. The minimum atomic E-state index is -1.34. The van der Waals surface area contributed by atoms with Crippen molar-refractivity contribution in [1.29, 1.82) is 0 Å².